The van der Waals surface area contributed by atoms with E-state index >= 15 is 0 Å². The molecule has 1 aliphatic heterocycles. The number of ether oxygens (including phenoxy) is 1. The predicted octanol–water partition coefficient (Wildman–Crippen LogP) is 4.47. The van der Waals surface area contributed by atoms with Crippen LogP contribution < -0.4 is 15.0 Å². The van der Waals surface area contributed by atoms with E-state index in [1.54, 1.807) is 7.11 Å². The lowest BCUT2D eigenvalue weighted by molar-refractivity contribution is 0.414. The summed E-state index contributed by atoms with van der Waals surface area (Å²) in [5.41, 5.74) is 5.40. The second-order valence-electron chi connectivity index (χ2n) is 7.21. The number of nitrogens with zero attached hydrogens (tertiary/aromatic N) is 1. The first-order valence-electron chi connectivity index (χ1n) is 8.24. The van der Waals surface area contributed by atoms with Crippen molar-refractivity contribution in [3.63, 3.8) is 0 Å². The average Bonchev–Trinajstić information content (AvgIpc) is 2.91. The topological polar surface area (TPSA) is 24.5 Å². The highest BCUT2D eigenvalue weighted by molar-refractivity contribution is 5.76. The Morgan fingerprint density at radius 1 is 1.09 bits per heavy atom. The predicted molar refractivity (Wildman–Crippen MR) is 97.6 cm³/mol. The fourth-order valence-corrected chi connectivity index (χ4v) is 3.15. The van der Waals surface area contributed by atoms with Crippen molar-refractivity contribution >= 4 is 11.4 Å². The molecule has 1 N–H and O–H groups in total. The number of nitrogens with one attached hydrogen (secondary N) is 1. The maximum atomic E-state index is 5.25. The van der Waals surface area contributed by atoms with Gasteiger partial charge in [0.15, 0.2) is 0 Å². The number of hydrogen-bond acceptors (Lipinski definition) is 3. The Bertz CT molecular complexity index is 671. The molecule has 0 bridgehead atoms. The van der Waals surface area contributed by atoms with E-state index in [4.69, 9.17) is 4.74 Å². The summed E-state index contributed by atoms with van der Waals surface area (Å²) in [6.45, 7) is 8.61. The van der Waals surface area contributed by atoms with Gasteiger partial charge in [0.25, 0.3) is 0 Å². The van der Waals surface area contributed by atoms with Gasteiger partial charge in [0.1, 0.15) is 5.75 Å². The molecule has 1 heterocycles. The van der Waals surface area contributed by atoms with E-state index in [-0.39, 0.29) is 5.54 Å². The second-order valence-corrected chi connectivity index (χ2v) is 7.21. The van der Waals surface area contributed by atoms with Crippen LogP contribution in [0.25, 0.3) is 0 Å². The smallest absolute Gasteiger partial charge is 0.118 e. The summed E-state index contributed by atoms with van der Waals surface area (Å²) < 4.78 is 5.25. The van der Waals surface area contributed by atoms with Gasteiger partial charge < -0.3 is 15.0 Å². The van der Waals surface area contributed by atoms with Gasteiger partial charge in [0.2, 0.25) is 0 Å². The number of benzene rings is 2. The van der Waals surface area contributed by atoms with Gasteiger partial charge in [-0.2, -0.15) is 0 Å². The van der Waals surface area contributed by atoms with Crippen LogP contribution in [0.3, 0.4) is 0 Å². The van der Waals surface area contributed by atoms with Crippen molar-refractivity contribution < 1.29 is 4.74 Å². The van der Waals surface area contributed by atoms with Crippen molar-refractivity contribution in [2.45, 2.75) is 39.3 Å². The molecule has 0 saturated heterocycles. The Morgan fingerprint density at radius 2 is 1.83 bits per heavy atom. The third-order valence-corrected chi connectivity index (χ3v) is 4.13. The minimum absolute atomic E-state index is 0.0590. The molecule has 0 aromatic heterocycles. The maximum absolute atomic E-state index is 5.25. The molecule has 2 aromatic rings. The number of fused-ring (bicyclic) bond motifs is 1. The van der Waals surface area contributed by atoms with E-state index in [9.17, 15) is 0 Å². The van der Waals surface area contributed by atoms with Crippen LogP contribution in [0.1, 0.15) is 31.9 Å². The zero-order valence-electron chi connectivity index (χ0n) is 14.5. The van der Waals surface area contributed by atoms with Gasteiger partial charge in [0, 0.05) is 18.6 Å². The largest absolute Gasteiger partial charge is 0.497 e. The summed E-state index contributed by atoms with van der Waals surface area (Å²) in [4.78, 5) is 2.48. The van der Waals surface area contributed by atoms with E-state index in [0.717, 1.165) is 25.3 Å². The fourth-order valence-electron chi connectivity index (χ4n) is 3.15. The van der Waals surface area contributed by atoms with E-state index in [1.807, 2.05) is 12.1 Å². The van der Waals surface area contributed by atoms with Gasteiger partial charge in [-0.05, 0) is 56.5 Å². The maximum Gasteiger partial charge on any atom is 0.118 e. The zero-order chi connectivity index (χ0) is 16.4. The van der Waals surface area contributed by atoms with Gasteiger partial charge >= 0.3 is 0 Å². The summed E-state index contributed by atoms with van der Waals surface area (Å²) in [6, 6.07) is 15.0. The van der Waals surface area contributed by atoms with Crippen LogP contribution in [-0.2, 0) is 13.0 Å². The molecule has 3 nitrogen and oxygen atoms in total. The van der Waals surface area contributed by atoms with Gasteiger partial charge in [-0.1, -0.05) is 24.3 Å². The van der Waals surface area contributed by atoms with Crippen LogP contribution in [0.2, 0.25) is 0 Å². The molecule has 0 radical (unpaired) electrons. The number of para-hydroxylation sites is 1. The summed E-state index contributed by atoms with van der Waals surface area (Å²) in [6.07, 6.45) is 1.12. The molecule has 1 aliphatic rings. The van der Waals surface area contributed by atoms with Gasteiger partial charge in [-0.15, -0.1) is 0 Å². The van der Waals surface area contributed by atoms with Crippen molar-refractivity contribution in [3.8, 4) is 5.75 Å². The van der Waals surface area contributed by atoms with Crippen molar-refractivity contribution in [2.24, 2.45) is 0 Å². The van der Waals surface area contributed by atoms with E-state index in [1.165, 1.54) is 22.5 Å². The highest BCUT2D eigenvalue weighted by Crippen LogP contribution is 2.37. The molecule has 0 fully saturated rings. The highest BCUT2D eigenvalue weighted by Gasteiger charge is 2.24. The molecular weight excluding hydrogens is 284 g/mol. The molecule has 0 amide bonds. The van der Waals surface area contributed by atoms with Crippen molar-refractivity contribution in [1.82, 2.24) is 0 Å². The summed E-state index contributed by atoms with van der Waals surface area (Å²) in [7, 11) is 1.70. The van der Waals surface area contributed by atoms with Crippen LogP contribution in [0.15, 0.2) is 42.5 Å². The van der Waals surface area contributed by atoms with Crippen LogP contribution in [0, 0.1) is 0 Å². The van der Waals surface area contributed by atoms with Crippen LogP contribution in [-0.4, -0.2) is 19.2 Å². The first kappa shape index (κ1) is 15.7. The van der Waals surface area contributed by atoms with Crippen molar-refractivity contribution in [2.75, 3.05) is 23.9 Å². The van der Waals surface area contributed by atoms with E-state index < -0.39 is 0 Å². The Balaban J connectivity index is 1.85. The molecule has 23 heavy (non-hydrogen) atoms. The molecule has 0 atom stereocenters. The standard InChI is InChI=1S/C20H26N2O/c1-20(2,3)21-18-7-5-6-16-12-13-22(19(16)18)14-15-8-10-17(23-4)11-9-15/h5-11,21H,12-14H2,1-4H3. The lowest BCUT2D eigenvalue weighted by atomic mass is 10.1. The van der Waals surface area contributed by atoms with Gasteiger partial charge in [-0.25, -0.2) is 0 Å². The SMILES string of the molecule is COc1ccc(CN2CCc3cccc(NC(C)(C)C)c32)cc1. The second kappa shape index (κ2) is 6.15. The Labute approximate surface area is 139 Å². The minimum Gasteiger partial charge on any atom is -0.497 e. The van der Waals surface area contributed by atoms with E-state index in [0.29, 0.717) is 0 Å². The Hall–Kier alpha value is -2.16. The Morgan fingerprint density at radius 3 is 2.48 bits per heavy atom. The zero-order valence-corrected chi connectivity index (χ0v) is 14.5. The molecule has 0 saturated carbocycles. The normalized spacial score (nSPS) is 13.8. The summed E-state index contributed by atoms with van der Waals surface area (Å²) >= 11 is 0. The van der Waals surface area contributed by atoms with Crippen LogP contribution >= 0.6 is 0 Å². The van der Waals surface area contributed by atoms with E-state index in [2.05, 4.69) is 61.3 Å². The van der Waals surface area contributed by atoms with Gasteiger partial charge in [0.05, 0.1) is 18.5 Å². The van der Waals surface area contributed by atoms with Gasteiger partial charge in [-0.3, -0.25) is 0 Å². The monoisotopic (exact) mass is 310 g/mol. The molecule has 0 spiro atoms. The molecule has 0 aliphatic carbocycles. The minimum atomic E-state index is 0.0590. The molecule has 3 rings (SSSR count). The number of anilines is 2. The first-order chi connectivity index (χ1) is 11.0. The fraction of sp³-hybridized carbons (Fsp3) is 0.400. The van der Waals surface area contributed by atoms with Crippen LogP contribution in [0.5, 0.6) is 5.75 Å². The van der Waals surface area contributed by atoms with Crippen molar-refractivity contribution in [1.29, 1.82) is 0 Å². The number of methoxy groups -OCH3 is 1. The molecule has 122 valence electrons. The first-order valence-corrected chi connectivity index (χ1v) is 8.24. The molecule has 3 heteroatoms. The van der Waals surface area contributed by atoms with Crippen molar-refractivity contribution in [3.05, 3.63) is 53.6 Å². The lowest BCUT2D eigenvalue weighted by Gasteiger charge is -2.28. The summed E-state index contributed by atoms with van der Waals surface area (Å²) in [5, 5.41) is 3.65. The average molecular weight is 310 g/mol. The number of hydrogen-bond donors (Lipinski definition) is 1. The Kier molecular flexibility index (Phi) is 4.20. The molecule has 2 aromatic carbocycles. The highest BCUT2D eigenvalue weighted by atomic mass is 16.5. The number of rotatable bonds is 4. The summed E-state index contributed by atoms with van der Waals surface area (Å²) in [5.74, 6) is 0.908. The van der Waals surface area contributed by atoms with Crippen LogP contribution in [0.4, 0.5) is 11.4 Å². The quantitative estimate of drug-likeness (QED) is 0.902. The molecular formula is C20H26N2O. The lowest BCUT2D eigenvalue weighted by Crippen LogP contribution is -2.28. The third-order valence-electron chi connectivity index (χ3n) is 4.13. The third kappa shape index (κ3) is 3.61. The molecule has 0 unspecified atom stereocenters.